The van der Waals surface area contributed by atoms with E-state index >= 15 is 0 Å². The molecule has 0 saturated carbocycles. The van der Waals surface area contributed by atoms with Gasteiger partial charge >= 0.3 is 0 Å². The molecule has 0 fully saturated rings. The third-order valence-corrected chi connectivity index (χ3v) is 4.31. The van der Waals surface area contributed by atoms with Gasteiger partial charge in [-0.1, -0.05) is 39.2 Å². The molecule has 2 atom stereocenters. The molecule has 1 N–H and O–H groups in total. The Labute approximate surface area is 124 Å². The number of benzene rings is 1. The molecule has 1 aliphatic rings. The largest absolute Gasteiger partial charge is 0.306 e. The van der Waals surface area contributed by atoms with Gasteiger partial charge < -0.3 is 5.32 Å². The Morgan fingerprint density at radius 2 is 1.95 bits per heavy atom. The lowest BCUT2D eigenvalue weighted by molar-refractivity contribution is 0.396. The molecule has 2 rings (SSSR count). The maximum absolute atomic E-state index is 4.06. The molecule has 0 amide bonds. The average molecular weight is 320 g/mol. The first-order valence-corrected chi connectivity index (χ1v) is 7.58. The Balaban J connectivity index is 2.31. The van der Waals surface area contributed by atoms with Crippen LogP contribution in [0, 0.1) is 0 Å². The molecule has 0 bridgehead atoms. The molecule has 1 aromatic rings. The Morgan fingerprint density at radius 3 is 2.58 bits per heavy atom. The van der Waals surface area contributed by atoms with Crippen LogP contribution in [0.25, 0.3) is 0 Å². The second-order valence-corrected chi connectivity index (χ2v) is 6.60. The summed E-state index contributed by atoms with van der Waals surface area (Å²) in [6.07, 6.45) is 3.10. The predicted molar refractivity (Wildman–Crippen MR) is 86.4 cm³/mol. The Morgan fingerprint density at radius 1 is 1.26 bits per heavy atom. The number of fused-ring (bicyclic) bond motifs is 1. The molecular formula is C17H22BrN. The van der Waals surface area contributed by atoms with Gasteiger partial charge in [0.25, 0.3) is 0 Å². The van der Waals surface area contributed by atoms with E-state index in [0.717, 1.165) is 19.3 Å². The average Bonchev–Trinajstić information content (AvgIpc) is 2.29. The zero-order valence-electron chi connectivity index (χ0n) is 11.8. The van der Waals surface area contributed by atoms with Crippen LogP contribution in [0.5, 0.6) is 0 Å². The lowest BCUT2D eigenvalue weighted by Crippen LogP contribution is -2.39. The van der Waals surface area contributed by atoms with Crippen LogP contribution in [-0.4, -0.2) is 6.04 Å². The van der Waals surface area contributed by atoms with E-state index in [1.54, 1.807) is 0 Å². The van der Waals surface area contributed by atoms with E-state index in [1.807, 2.05) is 0 Å². The molecule has 19 heavy (non-hydrogen) atoms. The molecule has 0 radical (unpaired) electrons. The monoisotopic (exact) mass is 319 g/mol. The van der Waals surface area contributed by atoms with Gasteiger partial charge in [0.1, 0.15) is 0 Å². The van der Waals surface area contributed by atoms with Crippen LogP contribution in [0.3, 0.4) is 0 Å². The number of nitrogens with one attached hydrogen (secondary N) is 1. The van der Waals surface area contributed by atoms with E-state index in [4.69, 9.17) is 0 Å². The fourth-order valence-corrected chi connectivity index (χ4v) is 3.41. The fourth-order valence-electron chi connectivity index (χ4n) is 2.87. The number of halogens is 1. The first-order chi connectivity index (χ1) is 8.97. The standard InChI is InChI=1S/C17H22BrN/c1-11(2)8-13-10-15-14(6-5-7-16(15)18)17(19-13)9-12(3)4/h5-7,13,17,19H,1,3,8-10H2,2,4H3/t13-,17+/m0/s1. The van der Waals surface area contributed by atoms with Crippen LogP contribution in [0.15, 0.2) is 47.0 Å². The molecule has 102 valence electrons. The van der Waals surface area contributed by atoms with E-state index in [1.165, 1.54) is 26.7 Å². The Bertz CT molecular complexity index is 504. The van der Waals surface area contributed by atoms with Gasteiger partial charge in [0.05, 0.1) is 0 Å². The van der Waals surface area contributed by atoms with E-state index in [-0.39, 0.29) is 0 Å². The molecule has 0 spiro atoms. The highest BCUT2D eigenvalue weighted by molar-refractivity contribution is 9.10. The lowest BCUT2D eigenvalue weighted by Gasteiger charge is -2.34. The second kappa shape index (κ2) is 6.06. The topological polar surface area (TPSA) is 12.0 Å². The number of hydrogen-bond acceptors (Lipinski definition) is 1. The van der Waals surface area contributed by atoms with Crippen molar-refractivity contribution in [3.63, 3.8) is 0 Å². The highest BCUT2D eigenvalue weighted by Gasteiger charge is 2.27. The van der Waals surface area contributed by atoms with E-state index in [2.05, 4.69) is 66.5 Å². The van der Waals surface area contributed by atoms with Crippen molar-refractivity contribution in [3.8, 4) is 0 Å². The van der Waals surface area contributed by atoms with E-state index < -0.39 is 0 Å². The quantitative estimate of drug-likeness (QED) is 0.775. The Hall–Kier alpha value is -0.860. The maximum atomic E-state index is 4.06. The number of rotatable bonds is 4. The molecule has 1 heterocycles. The van der Waals surface area contributed by atoms with Crippen molar-refractivity contribution < 1.29 is 0 Å². The minimum Gasteiger partial charge on any atom is -0.306 e. The third kappa shape index (κ3) is 3.58. The molecule has 0 aliphatic carbocycles. The van der Waals surface area contributed by atoms with Gasteiger partial charge in [-0.25, -0.2) is 0 Å². The zero-order valence-corrected chi connectivity index (χ0v) is 13.4. The maximum Gasteiger partial charge on any atom is 0.0363 e. The van der Waals surface area contributed by atoms with Gasteiger partial charge in [-0.2, -0.15) is 0 Å². The van der Waals surface area contributed by atoms with Crippen molar-refractivity contribution in [2.75, 3.05) is 0 Å². The molecule has 0 saturated heterocycles. The van der Waals surface area contributed by atoms with Crippen LogP contribution in [0.1, 0.15) is 43.9 Å². The molecule has 0 unspecified atom stereocenters. The third-order valence-electron chi connectivity index (χ3n) is 3.57. The summed E-state index contributed by atoms with van der Waals surface area (Å²) in [7, 11) is 0. The van der Waals surface area contributed by atoms with Crippen LogP contribution >= 0.6 is 15.9 Å². The molecule has 1 nitrogen and oxygen atoms in total. The summed E-state index contributed by atoms with van der Waals surface area (Å²) in [5, 5.41) is 3.76. The number of hydrogen-bond donors (Lipinski definition) is 1. The van der Waals surface area contributed by atoms with E-state index in [0.29, 0.717) is 12.1 Å². The highest BCUT2D eigenvalue weighted by atomic mass is 79.9. The van der Waals surface area contributed by atoms with Crippen LogP contribution in [0.2, 0.25) is 0 Å². The van der Waals surface area contributed by atoms with E-state index in [9.17, 15) is 0 Å². The second-order valence-electron chi connectivity index (χ2n) is 5.75. The van der Waals surface area contributed by atoms with Crippen molar-refractivity contribution in [2.24, 2.45) is 0 Å². The fraction of sp³-hybridized carbons (Fsp3) is 0.412. The van der Waals surface area contributed by atoms with Gasteiger partial charge in [0.15, 0.2) is 0 Å². The van der Waals surface area contributed by atoms with Gasteiger partial charge in [-0.05, 0) is 50.3 Å². The van der Waals surface area contributed by atoms with Crippen LogP contribution < -0.4 is 5.32 Å². The van der Waals surface area contributed by atoms with Crippen molar-refractivity contribution in [1.82, 2.24) is 5.32 Å². The molecule has 2 heteroatoms. The minimum atomic E-state index is 0.378. The first kappa shape index (κ1) is 14.5. The van der Waals surface area contributed by atoms with Crippen LogP contribution in [0.4, 0.5) is 0 Å². The van der Waals surface area contributed by atoms with Crippen molar-refractivity contribution >= 4 is 15.9 Å². The molecular weight excluding hydrogens is 298 g/mol. The summed E-state index contributed by atoms with van der Waals surface area (Å²) in [6.45, 7) is 12.3. The zero-order chi connectivity index (χ0) is 14.0. The SMILES string of the molecule is C=C(C)C[C@H]1Cc2c(Br)cccc2[C@@H](CC(=C)C)N1. The van der Waals surface area contributed by atoms with Crippen molar-refractivity contribution in [2.45, 2.75) is 45.2 Å². The summed E-state index contributed by atoms with van der Waals surface area (Å²) in [6, 6.07) is 7.35. The van der Waals surface area contributed by atoms with Gasteiger partial charge in [0.2, 0.25) is 0 Å². The summed E-state index contributed by atoms with van der Waals surface area (Å²) >= 11 is 3.70. The summed E-state index contributed by atoms with van der Waals surface area (Å²) in [4.78, 5) is 0. The Kier molecular flexibility index (Phi) is 4.64. The first-order valence-electron chi connectivity index (χ1n) is 6.79. The summed E-state index contributed by atoms with van der Waals surface area (Å²) in [5.41, 5.74) is 5.32. The predicted octanol–water partition coefficient (Wildman–Crippen LogP) is 4.94. The molecule has 1 aromatic carbocycles. The minimum absolute atomic E-state index is 0.378. The summed E-state index contributed by atoms with van der Waals surface area (Å²) in [5.74, 6) is 0. The summed E-state index contributed by atoms with van der Waals surface area (Å²) < 4.78 is 1.23. The van der Waals surface area contributed by atoms with Gasteiger partial charge in [-0.3, -0.25) is 0 Å². The van der Waals surface area contributed by atoms with Gasteiger partial charge in [0, 0.05) is 16.6 Å². The highest BCUT2D eigenvalue weighted by Crippen LogP contribution is 2.34. The molecule has 1 aliphatic heterocycles. The normalized spacial score (nSPS) is 21.8. The smallest absolute Gasteiger partial charge is 0.0363 e. The lowest BCUT2D eigenvalue weighted by atomic mass is 9.86. The van der Waals surface area contributed by atoms with Crippen LogP contribution in [-0.2, 0) is 6.42 Å². The van der Waals surface area contributed by atoms with Gasteiger partial charge in [-0.15, -0.1) is 13.2 Å². The molecule has 0 aromatic heterocycles. The van der Waals surface area contributed by atoms with Crippen molar-refractivity contribution in [1.29, 1.82) is 0 Å². The van der Waals surface area contributed by atoms with Crippen molar-refractivity contribution in [3.05, 3.63) is 58.1 Å².